The van der Waals surface area contributed by atoms with Crippen LogP contribution in [0.2, 0.25) is 0 Å². The van der Waals surface area contributed by atoms with Crippen molar-refractivity contribution in [1.82, 2.24) is 4.98 Å². The summed E-state index contributed by atoms with van der Waals surface area (Å²) in [7, 11) is 1.83. The second kappa shape index (κ2) is 3.56. The molecule has 0 saturated heterocycles. The highest BCUT2D eigenvalue weighted by molar-refractivity contribution is 6.01. The molecule has 0 atom stereocenters. The van der Waals surface area contributed by atoms with Crippen LogP contribution in [0.4, 0.5) is 5.82 Å². The number of rotatable bonds is 2. The highest BCUT2D eigenvalue weighted by Crippen LogP contribution is 2.18. The summed E-state index contributed by atoms with van der Waals surface area (Å²) in [5.41, 5.74) is 3.54. The van der Waals surface area contributed by atoms with Crippen LogP contribution in [0.5, 0.6) is 0 Å². The topological polar surface area (TPSA) is 48.8 Å². The van der Waals surface area contributed by atoms with Crippen molar-refractivity contribution in [2.45, 2.75) is 20.8 Å². The Morgan fingerprint density at radius 3 is 2.54 bits per heavy atom. The van der Waals surface area contributed by atoms with Gasteiger partial charge in [-0.25, -0.2) is 4.98 Å². The van der Waals surface area contributed by atoms with Crippen molar-refractivity contribution in [3.05, 3.63) is 22.9 Å². The molecule has 0 bridgehead atoms. The van der Waals surface area contributed by atoms with E-state index in [0.29, 0.717) is 5.71 Å². The molecule has 2 N–H and O–H groups in total. The first kappa shape index (κ1) is 9.71. The minimum atomic E-state index is 0.550. The summed E-state index contributed by atoms with van der Waals surface area (Å²) in [6, 6.07) is 1.99. The van der Waals surface area contributed by atoms with E-state index in [9.17, 15) is 0 Å². The lowest BCUT2D eigenvalue weighted by Gasteiger charge is -2.10. The lowest BCUT2D eigenvalue weighted by Crippen LogP contribution is -2.06. The second-order valence-electron chi connectivity index (χ2n) is 3.18. The van der Waals surface area contributed by atoms with Crippen LogP contribution in [0.25, 0.3) is 0 Å². The van der Waals surface area contributed by atoms with Crippen molar-refractivity contribution in [1.29, 1.82) is 5.41 Å². The molecule has 0 amide bonds. The Morgan fingerprint density at radius 1 is 1.46 bits per heavy atom. The van der Waals surface area contributed by atoms with E-state index in [1.165, 1.54) is 0 Å². The SMILES string of the molecule is CNc1nc(C)cc(C)c1C(C)=N. The predicted molar refractivity (Wildman–Crippen MR) is 55.8 cm³/mol. The average molecular weight is 177 g/mol. The highest BCUT2D eigenvalue weighted by atomic mass is 15.0. The third kappa shape index (κ3) is 1.86. The summed E-state index contributed by atoms with van der Waals surface area (Å²) < 4.78 is 0. The maximum Gasteiger partial charge on any atom is 0.135 e. The molecule has 1 aromatic heterocycles. The van der Waals surface area contributed by atoms with E-state index < -0.39 is 0 Å². The van der Waals surface area contributed by atoms with Crippen LogP contribution in [0.3, 0.4) is 0 Å². The maximum atomic E-state index is 7.61. The monoisotopic (exact) mass is 177 g/mol. The number of nitrogens with one attached hydrogen (secondary N) is 2. The van der Waals surface area contributed by atoms with Gasteiger partial charge in [-0.3, -0.25) is 0 Å². The maximum absolute atomic E-state index is 7.61. The molecular weight excluding hydrogens is 162 g/mol. The molecular formula is C10H15N3. The van der Waals surface area contributed by atoms with Crippen LogP contribution in [0, 0.1) is 19.3 Å². The zero-order valence-corrected chi connectivity index (χ0v) is 8.52. The molecule has 0 aliphatic carbocycles. The lowest BCUT2D eigenvalue weighted by molar-refractivity contribution is 1.15. The fourth-order valence-corrected chi connectivity index (χ4v) is 1.49. The molecule has 1 aromatic rings. The molecule has 3 nitrogen and oxygen atoms in total. The van der Waals surface area contributed by atoms with Gasteiger partial charge < -0.3 is 10.7 Å². The molecule has 70 valence electrons. The molecule has 1 rings (SSSR count). The Kier molecular flexibility index (Phi) is 2.66. The molecule has 0 radical (unpaired) electrons. The first-order chi connectivity index (χ1) is 6.06. The number of aryl methyl sites for hydroxylation is 2. The summed E-state index contributed by atoms with van der Waals surface area (Å²) in [6.07, 6.45) is 0. The van der Waals surface area contributed by atoms with Crippen molar-refractivity contribution in [2.24, 2.45) is 0 Å². The number of anilines is 1. The van der Waals surface area contributed by atoms with Gasteiger partial charge in [-0.15, -0.1) is 0 Å². The van der Waals surface area contributed by atoms with Crippen LogP contribution < -0.4 is 5.32 Å². The fraction of sp³-hybridized carbons (Fsp3) is 0.400. The second-order valence-corrected chi connectivity index (χ2v) is 3.18. The Bertz CT molecular complexity index is 342. The van der Waals surface area contributed by atoms with Crippen molar-refractivity contribution < 1.29 is 0 Å². The summed E-state index contributed by atoms with van der Waals surface area (Å²) in [5, 5.41) is 10.6. The number of hydrogen-bond acceptors (Lipinski definition) is 3. The van der Waals surface area contributed by atoms with Crippen molar-refractivity contribution in [3.8, 4) is 0 Å². The van der Waals surface area contributed by atoms with E-state index >= 15 is 0 Å². The third-order valence-electron chi connectivity index (χ3n) is 1.96. The normalized spacial score (nSPS) is 9.85. The van der Waals surface area contributed by atoms with Gasteiger partial charge in [0.05, 0.1) is 0 Å². The third-order valence-corrected chi connectivity index (χ3v) is 1.96. The van der Waals surface area contributed by atoms with Gasteiger partial charge >= 0.3 is 0 Å². The summed E-state index contributed by atoms with van der Waals surface area (Å²) in [6.45, 7) is 5.74. The van der Waals surface area contributed by atoms with Gasteiger partial charge in [0.1, 0.15) is 5.82 Å². The quantitative estimate of drug-likeness (QED) is 0.680. The van der Waals surface area contributed by atoms with Gasteiger partial charge in [0, 0.05) is 24.0 Å². The molecule has 0 aliphatic rings. The molecule has 0 spiro atoms. The number of pyridine rings is 1. The molecule has 0 fully saturated rings. The van der Waals surface area contributed by atoms with Crippen LogP contribution in [0.15, 0.2) is 6.07 Å². The van der Waals surface area contributed by atoms with E-state index in [0.717, 1.165) is 22.6 Å². The first-order valence-corrected chi connectivity index (χ1v) is 4.27. The number of nitrogens with zero attached hydrogens (tertiary/aromatic N) is 1. The van der Waals surface area contributed by atoms with Gasteiger partial charge in [-0.05, 0) is 32.4 Å². The molecule has 0 aromatic carbocycles. The zero-order valence-electron chi connectivity index (χ0n) is 8.52. The average Bonchev–Trinajstić information content (AvgIpc) is 2.01. The minimum absolute atomic E-state index is 0.550. The van der Waals surface area contributed by atoms with Crippen LogP contribution in [-0.2, 0) is 0 Å². The Hall–Kier alpha value is -1.38. The van der Waals surface area contributed by atoms with Crippen LogP contribution >= 0.6 is 0 Å². The van der Waals surface area contributed by atoms with Crippen molar-refractivity contribution in [3.63, 3.8) is 0 Å². The predicted octanol–water partition coefficient (Wildman–Crippen LogP) is 2.13. The Labute approximate surface area is 78.7 Å². The van der Waals surface area contributed by atoms with E-state index in [2.05, 4.69) is 10.3 Å². The summed E-state index contributed by atoms with van der Waals surface area (Å²) in [4.78, 5) is 4.32. The molecule has 1 heterocycles. The van der Waals surface area contributed by atoms with Crippen LogP contribution in [-0.4, -0.2) is 17.7 Å². The Balaban J connectivity index is 3.38. The van der Waals surface area contributed by atoms with Crippen molar-refractivity contribution >= 4 is 11.5 Å². The smallest absolute Gasteiger partial charge is 0.135 e. The van der Waals surface area contributed by atoms with E-state index in [1.54, 1.807) is 6.92 Å². The molecule has 0 saturated carbocycles. The standard InChI is InChI=1S/C10H15N3/c1-6-5-7(2)13-10(12-4)9(6)8(3)11/h5,11H,1-4H3,(H,12,13). The van der Waals surface area contributed by atoms with Gasteiger partial charge in [-0.2, -0.15) is 0 Å². The van der Waals surface area contributed by atoms with Gasteiger partial charge in [0.25, 0.3) is 0 Å². The van der Waals surface area contributed by atoms with Gasteiger partial charge in [-0.1, -0.05) is 0 Å². The molecule has 0 unspecified atom stereocenters. The largest absolute Gasteiger partial charge is 0.373 e. The Morgan fingerprint density at radius 2 is 2.08 bits per heavy atom. The summed E-state index contributed by atoms with van der Waals surface area (Å²) >= 11 is 0. The molecule has 0 aliphatic heterocycles. The highest BCUT2D eigenvalue weighted by Gasteiger charge is 2.08. The number of aromatic nitrogens is 1. The van der Waals surface area contributed by atoms with E-state index in [-0.39, 0.29) is 0 Å². The fourth-order valence-electron chi connectivity index (χ4n) is 1.49. The zero-order chi connectivity index (χ0) is 10.0. The molecule has 3 heteroatoms. The lowest BCUT2D eigenvalue weighted by atomic mass is 10.1. The van der Waals surface area contributed by atoms with Crippen LogP contribution in [0.1, 0.15) is 23.7 Å². The first-order valence-electron chi connectivity index (χ1n) is 4.27. The van der Waals surface area contributed by atoms with Crippen molar-refractivity contribution in [2.75, 3.05) is 12.4 Å². The number of hydrogen-bond donors (Lipinski definition) is 2. The summed E-state index contributed by atoms with van der Waals surface area (Å²) in [5.74, 6) is 0.796. The van der Waals surface area contributed by atoms with E-state index in [4.69, 9.17) is 5.41 Å². The van der Waals surface area contributed by atoms with E-state index in [1.807, 2.05) is 27.0 Å². The minimum Gasteiger partial charge on any atom is -0.373 e. The molecule has 13 heavy (non-hydrogen) atoms. The van der Waals surface area contributed by atoms with Gasteiger partial charge in [0.2, 0.25) is 0 Å². The van der Waals surface area contributed by atoms with Gasteiger partial charge in [0.15, 0.2) is 0 Å².